The van der Waals surface area contributed by atoms with Crippen LogP contribution < -0.4 is 20.3 Å². The van der Waals surface area contributed by atoms with Gasteiger partial charge in [-0.3, -0.25) is 25.2 Å². The molecule has 0 saturated carbocycles. The Balaban J connectivity index is 1.67. The van der Waals surface area contributed by atoms with Crippen LogP contribution in [0.15, 0.2) is 82.3 Å². The van der Waals surface area contributed by atoms with Gasteiger partial charge in [0.1, 0.15) is 11.5 Å². The fourth-order valence-corrected chi connectivity index (χ4v) is 3.63. The average molecular weight is 441 g/mol. The van der Waals surface area contributed by atoms with Crippen LogP contribution in [-0.2, 0) is 14.8 Å². The number of amides is 2. The molecule has 160 valence electrons. The standard InChI is InChI=1S/C21H19N3O6S/c1-29-19-10-3-2-9-18(19)24-31(27,28)17-8-4-6-15(14-17)21(26)23-22-20(25)12-11-16-7-5-13-30-16/h2-14,24H,1H3,(H,22,25)(H,23,26)/b12-11+. The van der Waals surface area contributed by atoms with Gasteiger partial charge in [0.25, 0.3) is 21.8 Å². The Labute approximate surface area is 178 Å². The zero-order valence-corrected chi connectivity index (χ0v) is 17.2. The molecule has 31 heavy (non-hydrogen) atoms. The van der Waals surface area contributed by atoms with Gasteiger partial charge in [-0.1, -0.05) is 18.2 Å². The molecule has 10 heteroatoms. The molecule has 3 N–H and O–H groups in total. The van der Waals surface area contributed by atoms with Crippen molar-refractivity contribution in [2.24, 2.45) is 0 Å². The number of sulfonamides is 1. The lowest BCUT2D eigenvalue weighted by atomic mass is 10.2. The number of para-hydroxylation sites is 2. The summed E-state index contributed by atoms with van der Waals surface area (Å²) in [5, 5.41) is 0. The van der Waals surface area contributed by atoms with Crippen molar-refractivity contribution in [2.75, 3.05) is 11.8 Å². The van der Waals surface area contributed by atoms with Crippen molar-refractivity contribution in [1.29, 1.82) is 0 Å². The zero-order valence-electron chi connectivity index (χ0n) is 16.4. The molecule has 2 amide bonds. The minimum Gasteiger partial charge on any atom is -0.495 e. The van der Waals surface area contributed by atoms with E-state index in [1.807, 2.05) is 0 Å². The Bertz CT molecular complexity index is 1200. The number of rotatable bonds is 7. The highest BCUT2D eigenvalue weighted by Crippen LogP contribution is 2.26. The number of ether oxygens (including phenoxy) is 1. The summed E-state index contributed by atoms with van der Waals surface area (Å²) in [5.74, 6) is -0.451. The molecule has 0 saturated heterocycles. The third-order valence-electron chi connectivity index (χ3n) is 4.00. The number of nitrogens with one attached hydrogen (secondary N) is 3. The summed E-state index contributed by atoms with van der Waals surface area (Å²) in [5.41, 5.74) is 4.73. The Kier molecular flexibility index (Phi) is 6.73. The molecular formula is C21H19N3O6S. The van der Waals surface area contributed by atoms with E-state index in [0.29, 0.717) is 11.5 Å². The molecule has 9 nitrogen and oxygen atoms in total. The Morgan fingerprint density at radius 3 is 2.55 bits per heavy atom. The van der Waals surface area contributed by atoms with E-state index < -0.39 is 21.8 Å². The maximum Gasteiger partial charge on any atom is 0.269 e. The maximum atomic E-state index is 12.7. The molecule has 3 rings (SSSR count). The van der Waals surface area contributed by atoms with Crippen molar-refractivity contribution >= 4 is 33.6 Å². The second kappa shape index (κ2) is 9.63. The van der Waals surface area contributed by atoms with Crippen molar-refractivity contribution in [3.05, 3.63) is 84.3 Å². The van der Waals surface area contributed by atoms with Gasteiger partial charge in [-0.15, -0.1) is 0 Å². The number of carbonyl (C=O) groups excluding carboxylic acids is 2. The van der Waals surface area contributed by atoms with Crippen molar-refractivity contribution < 1.29 is 27.2 Å². The minimum atomic E-state index is -3.99. The smallest absolute Gasteiger partial charge is 0.269 e. The molecular weight excluding hydrogens is 422 g/mol. The van der Waals surface area contributed by atoms with Gasteiger partial charge in [0.05, 0.1) is 24.0 Å². The topological polar surface area (TPSA) is 127 Å². The number of furan rings is 1. The maximum absolute atomic E-state index is 12.7. The van der Waals surface area contributed by atoms with Crippen LogP contribution in [0, 0.1) is 0 Å². The lowest BCUT2D eigenvalue weighted by Crippen LogP contribution is -2.40. The molecule has 0 bridgehead atoms. The summed E-state index contributed by atoms with van der Waals surface area (Å²) >= 11 is 0. The Morgan fingerprint density at radius 1 is 1.00 bits per heavy atom. The lowest BCUT2D eigenvalue weighted by Gasteiger charge is -2.12. The summed E-state index contributed by atoms with van der Waals surface area (Å²) in [6.07, 6.45) is 4.07. The van der Waals surface area contributed by atoms with Gasteiger partial charge in [-0.2, -0.15) is 0 Å². The molecule has 1 heterocycles. The summed E-state index contributed by atoms with van der Waals surface area (Å²) in [4.78, 5) is 24.0. The highest BCUT2D eigenvalue weighted by molar-refractivity contribution is 7.92. The van der Waals surface area contributed by atoms with Gasteiger partial charge in [0, 0.05) is 11.6 Å². The first-order chi connectivity index (χ1) is 14.9. The van der Waals surface area contributed by atoms with Crippen molar-refractivity contribution in [3.8, 4) is 5.75 Å². The van der Waals surface area contributed by atoms with Crippen LogP contribution in [0.2, 0.25) is 0 Å². The number of anilines is 1. The number of carbonyl (C=O) groups is 2. The number of methoxy groups -OCH3 is 1. The molecule has 3 aromatic rings. The predicted octanol–water partition coefficient (Wildman–Crippen LogP) is 2.56. The summed E-state index contributed by atoms with van der Waals surface area (Å²) in [6, 6.07) is 15.2. The van der Waals surface area contributed by atoms with Crippen molar-refractivity contribution in [3.63, 3.8) is 0 Å². The van der Waals surface area contributed by atoms with E-state index in [4.69, 9.17) is 9.15 Å². The average Bonchev–Trinajstić information content (AvgIpc) is 3.30. The Hall–Kier alpha value is -4.05. The van der Waals surface area contributed by atoms with Crippen LogP contribution in [0.4, 0.5) is 5.69 Å². The largest absolute Gasteiger partial charge is 0.495 e. The van der Waals surface area contributed by atoms with Crippen LogP contribution in [0.5, 0.6) is 5.75 Å². The van der Waals surface area contributed by atoms with E-state index in [2.05, 4.69) is 15.6 Å². The van der Waals surface area contributed by atoms with Crippen LogP contribution in [0.3, 0.4) is 0 Å². The molecule has 0 aliphatic rings. The van der Waals surface area contributed by atoms with E-state index in [1.165, 1.54) is 49.8 Å². The lowest BCUT2D eigenvalue weighted by molar-refractivity contribution is -0.117. The quantitative estimate of drug-likeness (QED) is 0.382. The number of hydrogen-bond donors (Lipinski definition) is 3. The van der Waals surface area contributed by atoms with Crippen molar-refractivity contribution in [1.82, 2.24) is 10.9 Å². The monoisotopic (exact) mass is 441 g/mol. The van der Waals surface area contributed by atoms with Crippen LogP contribution in [0.25, 0.3) is 6.08 Å². The van der Waals surface area contributed by atoms with Crippen LogP contribution in [0.1, 0.15) is 16.1 Å². The second-order valence-electron chi connectivity index (χ2n) is 6.13. The molecule has 0 spiro atoms. The van der Waals surface area contributed by atoms with Gasteiger partial charge < -0.3 is 9.15 Å². The predicted molar refractivity (Wildman–Crippen MR) is 114 cm³/mol. The van der Waals surface area contributed by atoms with E-state index in [1.54, 1.807) is 36.4 Å². The zero-order chi connectivity index (χ0) is 22.3. The van der Waals surface area contributed by atoms with Gasteiger partial charge in [0.15, 0.2) is 0 Å². The summed E-state index contributed by atoms with van der Waals surface area (Å²) < 4.78 is 38.1. The second-order valence-corrected chi connectivity index (χ2v) is 7.81. The molecule has 2 aromatic carbocycles. The summed E-state index contributed by atoms with van der Waals surface area (Å²) in [6.45, 7) is 0. The first-order valence-corrected chi connectivity index (χ1v) is 10.4. The molecule has 0 radical (unpaired) electrons. The first kappa shape index (κ1) is 21.7. The van der Waals surface area contributed by atoms with Gasteiger partial charge in [-0.05, 0) is 48.5 Å². The molecule has 0 aliphatic heterocycles. The highest BCUT2D eigenvalue weighted by atomic mass is 32.2. The fourth-order valence-electron chi connectivity index (χ4n) is 2.51. The van der Waals surface area contributed by atoms with E-state index in [0.717, 1.165) is 0 Å². The van der Waals surface area contributed by atoms with Crippen LogP contribution in [-0.4, -0.2) is 27.3 Å². The third-order valence-corrected chi connectivity index (χ3v) is 5.36. The van der Waals surface area contributed by atoms with Gasteiger partial charge in [0.2, 0.25) is 0 Å². The van der Waals surface area contributed by atoms with Gasteiger partial charge in [-0.25, -0.2) is 8.42 Å². The molecule has 0 unspecified atom stereocenters. The van der Waals surface area contributed by atoms with E-state index >= 15 is 0 Å². The normalized spacial score (nSPS) is 11.1. The molecule has 1 aromatic heterocycles. The van der Waals surface area contributed by atoms with Gasteiger partial charge >= 0.3 is 0 Å². The van der Waals surface area contributed by atoms with E-state index in [9.17, 15) is 18.0 Å². The molecule has 0 atom stereocenters. The third kappa shape index (κ3) is 5.73. The highest BCUT2D eigenvalue weighted by Gasteiger charge is 2.18. The number of hydrazine groups is 1. The first-order valence-electron chi connectivity index (χ1n) is 8.97. The number of benzene rings is 2. The molecule has 0 aliphatic carbocycles. The summed E-state index contributed by atoms with van der Waals surface area (Å²) in [7, 11) is -2.56. The number of hydrogen-bond acceptors (Lipinski definition) is 6. The minimum absolute atomic E-state index is 0.0400. The molecule has 0 fully saturated rings. The van der Waals surface area contributed by atoms with E-state index in [-0.39, 0.29) is 16.1 Å². The van der Waals surface area contributed by atoms with Crippen LogP contribution >= 0.6 is 0 Å². The fraction of sp³-hybridized carbons (Fsp3) is 0.0476. The Morgan fingerprint density at radius 2 is 1.81 bits per heavy atom. The SMILES string of the molecule is COc1ccccc1NS(=O)(=O)c1cccc(C(=O)NNC(=O)/C=C/c2ccco2)c1. The van der Waals surface area contributed by atoms with Crippen molar-refractivity contribution in [2.45, 2.75) is 4.90 Å².